The van der Waals surface area contributed by atoms with Gasteiger partial charge in [-0.1, -0.05) is 22.9 Å². The Morgan fingerprint density at radius 1 is 1.45 bits per heavy atom. The summed E-state index contributed by atoms with van der Waals surface area (Å²) in [5.74, 6) is -0.343. The Bertz CT molecular complexity index is 641. The molecule has 1 aliphatic heterocycles. The van der Waals surface area contributed by atoms with Crippen LogP contribution in [0.3, 0.4) is 0 Å². The first-order valence-electron chi connectivity index (χ1n) is 7.21. The lowest BCUT2D eigenvalue weighted by Crippen LogP contribution is -2.29. The zero-order chi connectivity index (χ0) is 15.5. The summed E-state index contributed by atoms with van der Waals surface area (Å²) >= 11 is 5.98. The summed E-state index contributed by atoms with van der Waals surface area (Å²) in [6.45, 7) is 1.31. The highest BCUT2D eigenvalue weighted by Gasteiger charge is 2.27. The molecule has 0 spiro atoms. The summed E-state index contributed by atoms with van der Waals surface area (Å²) in [5.41, 5.74) is 0.407. The van der Waals surface area contributed by atoms with Crippen LogP contribution >= 0.6 is 11.6 Å². The number of halogens is 2. The first-order valence-corrected chi connectivity index (χ1v) is 7.59. The second-order valence-corrected chi connectivity index (χ2v) is 5.77. The van der Waals surface area contributed by atoms with Crippen molar-refractivity contribution in [3.63, 3.8) is 0 Å². The van der Waals surface area contributed by atoms with E-state index < -0.39 is 0 Å². The van der Waals surface area contributed by atoms with E-state index in [9.17, 15) is 9.18 Å². The zero-order valence-corrected chi connectivity index (χ0v) is 12.7. The number of hydrogen-bond donors (Lipinski definition) is 0. The van der Waals surface area contributed by atoms with E-state index in [1.54, 1.807) is 34.1 Å². The van der Waals surface area contributed by atoms with Crippen molar-refractivity contribution in [3.05, 3.63) is 47.0 Å². The van der Waals surface area contributed by atoms with Gasteiger partial charge < -0.3 is 4.90 Å². The van der Waals surface area contributed by atoms with Gasteiger partial charge in [0.05, 0.1) is 12.2 Å². The Hall–Kier alpha value is -1.95. The zero-order valence-electron chi connectivity index (χ0n) is 12.0. The van der Waals surface area contributed by atoms with Crippen molar-refractivity contribution in [1.29, 1.82) is 0 Å². The molecular formula is C15H16ClFN4O. The SMILES string of the molecule is O=C(CCc1c(F)cccc1Cl)N1CCC(n2ccnn2)C1. The number of benzene rings is 1. The lowest BCUT2D eigenvalue weighted by Gasteiger charge is -2.16. The van der Waals surface area contributed by atoms with Gasteiger partial charge in [-0.05, 0) is 25.0 Å². The minimum Gasteiger partial charge on any atom is -0.340 e. The Balaban J connectivity index is 1.57. The minimum absolute atomic E-state index is 0.0157. The van der Waals surface area contributed by atoms with Crippen molar-refractivity contribution in [2.24, 2.45) is 0 Å². The van der Waals surface area contributed by atoms with Gasteiger partial charge in [0.15, 0.2) is 0 Å². The van der Waals surface area contributed by atoms with E-state index in [4.69, 9.17) is 11.6 Å². The number of nitrogens with zero attached hydrogens (tertiary/aromatic N) is 4. The number of aromatic nitrogens is 3. The van der Waals surface area contributed by atoms with Gasteiger partial charge in [0, 0.05) is 36.3 Å². The molecule has 1 aromatic heterocycles. The van der Waals surface area contributed by atoms with Crippen molar-refractivity contribution in [1.82, 2.24) is 19.9 Å². The van der Waals surface area contributed by atoms with Crippen LogP contribution in [0, 0.1) is 5.82 Å². The van der Waals surface area contributed by atoms with Crippen molar-refractivity contribution >= 4 is 17.5 Å². The lowest BCUT2D eigenvalue weighted by atomic mass is 10.1. The first kappa shape index (κ1) is 15.0. The molecule has 1 aromatic carbocycles. The molecule has 0 radical (unpaired) electrons. The molecule has 0 aliphatic carbocycles. The number of amides is 1. The summed E-state index contributed by atoms with van der Waals surface area (Å²) in [6, 6.07) is 4.73. The highest BCUT2D eigenvalue weighted by atomic mass is 35.5. The molecule has 1 fully saturated rings. The van der Waals surface area contributed by atoms with Crippen LogP contribution < -0.4 is 0 Å². The average molecular weight is 323 g/mol. The van der Waals surface area contributed by atoms with Gasteiger partial charge in [-0.3, -0.25) is 4.79 Å². The summed E-state index contributed by atoms with van der Waals surface area (Å²) in [5, 5.41) is 8.13. The fourth-order valence-electron chi connectivity index (χ4n) is 2.76. The maximum atomic E-state index is 13.7. The molecule has 1 unspecified atom stereocenters. The van der Waals surface area contributed by atoms with E-state index in [0.717, 1.165) is 6.42 Å². The van der Waals surface area contributed by atoms with Crippen LogP contribution in [0.5, 0.6) is 0 Å². The number of hydrogen-bond acceptors (Lipinski definition) is 3. The molecule has 116 valence electrons. The molecule has 0 N–H and O–H groups in total. The lowest BCUT2D eigenvalue weighted by molar-refractivity contribution is -0.130. The normalized spacial score (nSPS) is 17.9. The first-order chi connectivity index (χ1) is 10.6. The molecule has 22 heavy (non-hydrogen) atoms. The van der Waals surface area contributed by atoms with Gasteiger partial charge in [0.25, 0.3) is 0 Å². The topological polar surface area (TPSA) is 51.0 Å². The number of carbonyl (C=O) groups excluding carboxylic acids is 1. The minimum atomic E-state index is -0.359. The smallest absolute Gasteiger partial charge is 0.222 e. The predicted octanol–water partition coefficient (Wildman–Crippen LogP) is 2.48. The maximum Gasteiger partial charge on any atom is 0.222 e. The summed E-state index contributed by atoms with van der Waals surface area (Å²) in [6.07, 6.45) is 4.86. The molecule has 7 heteroatoms. The highest BCUT2D eigenvalue weighted by molar-refractivity contribution is 6.31. The molecule has 3 rings (SSSR count). The van der Waals surface area contributed by atoms with Gasteiger partial charge in [0.1, 0.15) is 5.82 Å². The largest absolute Gasteiger partial charge is 0.340 e. The molecule has 1 atom stereocenters. The Morgan fingerprint density at radius 2 is 2.32 bits per heavy atom. The molecule has 0 bridgehead atoms. The second kappa shape index (κ2) is 6.44. The molecule has 1 aliphatic rings. The average Bonchev–Trinajstić information content (AvgIpc) is 3.17. The van der Waals surface area contributed by atoms with Crippen LogP contribution in [0.4, 0.5) is 4.39 Å². The number of likely N-dealkylation sites (tertiary alicyclic amines) is 1. The highest BCUT2D eigenvalue weighted by Crippen LogP contribution is 2.23. The van der Waals surface area contributed by atoms with Gasteiger partial charge >= 0.3 is 0 Å². The Labute approximate surface area is 132 Å². The number of carbonyl (C=O) groups is 1. The third-order valence-corrected chi connectivity index (χ3v) is 4.34. The monoisotopic (exact) mass is 322 g/mol. The summed E-state index contributed by atoms with van der Waals surface area (Å²) in [7, 11) is 0. The maximum absolute atomic E-state index is 13.7. The van der Waals surface area contributed by atoms with Crippen LogP contribution in [-0.2, 0) is 11.2 Å². The van der Waals surface area contributed by atoms with Crippen molar-refractivity contribution in [2.45, 2.75) is 25.3 Å². The Morgan fingerprint density at radius 3 is 3.05 bits per heavy atom. The van der Waals surface area contributed by atoms with Crippen molar-refractivity contribution in [2.75, 3.05) is 13.1 Å². The number of rotatable bonds is 4. The van der Waals surface area contributed by atoms with Gasteiger partial charge in [-0.25, -0.2) is 9.07 Å². The Kier molecular flexibility index (Phi) is 4.38. The molecule has 5 nitrogen and oxygen atoms in total. The van der Waals surface area contributed by atoms with Crippen LogP contribution in [0.2, 0.25) is 5.02 Å². The second-order valence-electron chi connectivity index (χ2n) is 5.37. The predicted molar refractivity (Wildman–Crippen MR) is 80.0 cm³/mol. The van der Waals surface area contributed by atoms with E-state index >= 15 is 0 Å². The standard InChI is InChI=1S/C15H16ClFN4O/c16-13-2-1-3-14(17)12(13)4-5-15(22)20-8-6-11(10-20)21-9-7-18-19-21/h1-3,7,9,11H,4-6,8,10H2. The van der Waals surface area contributed by atoms with Crippen LogP contribution in [-0.4, -0.2) is 38.9 Å². The fourth-order valence-corrected chi connectivity index (χ4v) is 3.02. The third kappa shape index (κ3) is 3.11. The van der Waals surface area contributed by atoms with Crippen molar-refractivity contribution < 1.29 is 9.18 Å². The third-order valence-electron chi connectivity index (χ3n) is 3.98. The van der Waals surface area contributed by atoms with Gasteiger partial charge in [0.2, 0.25) is 5.91 Å². The summed E-state index contributed by atoms with van der Waals surface area (Å²) in [4.78, 5) is 14.1. The van der Waals surface area contributed by atoms with E-state index in [-0.39, 0.29) is 24.2 Å². The summed E-state index contributed by atoms with van der Waals surface area (Å²) < 4.78 is 15.5. The van der Waals surface area contributed by atoms with E-state index in [2.05, 4.69) is 10.3 Å². The molecule has 0 saturated carbocycles. The molecule has 1 amide bonds. The molecule has 2 aromatic rings. The molecular weight excluding hydrogens is 307 g/mol. The fraction of sp³-hybridized carbons (Fsp3) is 0.400. The molecule has 2 heterocycles. The van der Waals surface area contributed by atoms with Gasteiger partial charge in [-0.15, -0.1) is 5.10 Å². The van der Waals surface area contributed by atoms with E-state index in [1.165, 1.54) is 6.07 Å². The van der Waals surface area contributed by atoms with E-state index in [0.29, 0.717) is 30.1 Å². The van der Waals surface area contributed by atoms with E-state index in [1.807, 2.05) is 0 Å². The van der Waals surface area contributed by atoms with Gasteiger partial charge in [-0.2, -0.15) is 0 Å². The van der Waals surface area contributed by atoms with Crippen molar-refractivity contribution in [3.8, 4) is 0 Å². The van der Waals surface area contributed by atoms with Crippen LogP contribution in [0.15, 0.2) is 30.6 Å². The van der Waals surface area contributed by atoms with Crippen LogP contribution in [0.1, 0.15) is 24.4 Å². The quantitative estimate of drug-likeness (QED) is 0.869. The van der Waals surface area contributed by atoms with Crippen LogP contribution in [0.25, 0.3) is 0 Å². The molecule has 1 saturated heterocycles.